The van der Waals surface area contributed by atoms with E-state index >= 15 is 0 Å². The van der Waals surface area contributed by atoms with E-state index in [1.54, 1.807) is 42.6 Å². The number of hydrogen-bond donors (Lipinski definition) is 0. The highest BCUT2D eigenvalue weighted by Crippen LogP contribution is 2.54. The van der Waals surface area contributed by atoms with Gasteiger partial charge in [-0.2, -0.15) is 0 Å². The molecule has 6 nitrogen and oxygen atoms in total. The SMILES string of the molecule is CC(=O)c1ccc(N2C(=O)C3C(C2=O)C2c4ccccc4C=CN2C3C(=O)c2ccc(Cl)cc2Cl)cc1. The highest BCUT2D eigenvalue weighted by Gasteiger charge is 2.64. The minimum atomic E-state index is -0.934. The zero-order valence-electron chi connectivity index (χ0n) is 19.6. The quantitative estimate of drug-likeness (QED) is 0.324. The van der Waals surface area contributed by atoms with E-state index in [0.29, 0.717) is 16.3 Å². The van der Waals surface area contributed by atoms with Crippen molar-refractivity contribution in [1.29, 1.82) is 0 Å². The van der Waals surface area contributed by atoms with Crippen molar-refractivity contribution in [2.75, 3.05) is 4.90 Å². The van der Waals surface area contributed by atoms with Crippen molar-refractivity contribution in [3.63, 3.8) is 0 Å². The summed E-state index contributed by atoms with van der Waals surface area (Å²) in [5.41, 5.74) is 2.91. The Morgan fingerprint density at radius 1 is 0.865 bits per heavy atom. The molecule has 4 atom stereocenters. The van der Waals surface area contributed by atoms with Crippen LogP contribution in [0.5, 0.6) is 0 Å². The van der Waals surface area contributed by atoms with Gasteiger partial charge in [0.05, 0.1) is 28.6 Å². The number of benzene rings is 3. The Morgan fingerprint density at radius 2 is 1.57 bits per heavy atom. The number of amides is 2. The van der Waals surface area contributed by atoms with Crippen LogP contribution < -0.4 is 4.90 Å². The molecule has 3 aromatic carbocycles. The summed E-state index contributed by atoms with van der Waals surface area (Å²) in [5, 5.41) is 0.579. The largest absolute Gasteiger partial charge is 0.358 e. The van der Waals surface area contributed by atoms with Crippen LogP contribution in [0.1, 0.15) is 44.8 Å². The zero-order valence-corrected chi connectivity index (χ0v) is 21.1. The molecule has 3 heterocycles. The van der Waals surface area contributed by atoms with Crippen LogP contribution in [0.4, 0.5) is 5.69 Å². The maximum Gasteiger partial charge on any atom is 0.240 e. The predicted octanol–water partition coefficient (Wildman–Crippen LogP) is 5.59. The van der Waals surface area contributed by atoms with Crippen LogP contribution >= 0.6 is 23.2 Å². The summed E-state index contributed by atoms with van der Waals surface area (Å²) in [5.74, 6) is -2.98. The van der Waals surface area contributed by atoms with Crippen LogP contribution in [0.3, 0.4) is 0 Å². The number of Topliss-reactive ketones (excluding diaryl/α,β-unsaturated/α-hetero) is 2. The minimum Gasteiger partial charge on any atom is -0.358 e. The average molecular weight is 531 g/mol. The Labute approximate surface area is 223 Å². The monoisotopic (exact) mass is 530 g/mol. The second kappa shape index (κ2) is 8.68. The summed E-state index contributed by atoms with van der Waals surface area (Å²) in [4.78, 5) is 56.6. The molecular weight excluding hydrogens is 511 g/mol. The third kappa shape index (κ3) is 3.55. The lowest BCUT2D eigenvalue weighted by atomic mass is 9.83. The number of carbonyl (C=O) groups excluding carboxylic acids is 4. The van der Waals surface area contributed by atoms with Gasteiger partial charge in [-0.15, -0.1) is 0 Å². The standard InChI is InChI=1S/C29H20Cl2N2O4/c1-15(34)16-6-9-19(10-7-16)33-28(36)23-24(29(33)37)26(27(35)21-11-8-18(30)14-22(21)31)32-13-12-17-4-2-3-5-20(17)25(23)32/h2-14,23-26H,1H3. The Hall–Kier alpha value is -3.74. The Balaban J connectivity index is 1.48. The van der Waals surface area contributed by atoms with E-state index in [0.717, 1.165) is 16.0 Å². The van der Waals surface area contributed by atoms with Gasteiger partial charge in [0.15, 0.2) is 11.6 Å². The maximum absolute atomic E-state index is 14.0. The van der Waals surface area contributed by atoms with Crippen molar-refractivity contribution in [2.45, 2.75) is 19.0 Å². The number of fused-ring (bicyclic) bond motifs is 5. The molecule has 0 saturated carbocycles. The fraction of sp³-hybridized carbons (Fsp3) is 0.172. The first-order valence-electron chi connectivity index (χ1n) is 11.8. The molecule has 3 aliphatic heterocycles. The van der Waals surface area contributed by atoms with Crippen LogP contribution in [0.15, 0.2) is 72.9 Å². The van der Waals surface area contributed by atoms with E-state index in [4.69, 9.17) is 23.2 Å². The number of imide groups is 1. The first-order valence-corrected chi connectivity index (χ1v) is 12.6. The molecule has 0 bridgehead atoms. The van der Waals surface area contributed by atoms with E-state index in [9.17, 15) is 19.2 Å². The summed E-state index contributed by atoms with van der Waals surface area (Å²) in [6.07, 6.45) is 3.69. The van der Waals surface area contributed by atoms with Gasteiger partial charge in [-0.3, -0.25) is 19.2 Å². The molecule has 0 aliphatic carbocycles. The highest BCUT2D eigenvalue weighted by molar-refractivity contribution is 6.37. The lowest BCUT2D eigenvalue weighted by molar-refractivity contribution is -0.123. The van der Waals surface area contributed by atoms with Crippen molar-refractivity contribution >= 4 is 58.3 Å². The van der Waals surface area contributed by atoms with Crippen LogP contribution in [0, 0.1) is 11.8 Å². The molecule has 2 amide bonds. The average Bonchev–Trinajstić information content (AvgIpc) is 3.36. The molecule has 0 radical (unpaired) electrons. The van der Waals surface area contributed by atoms with Gasteiger partial charge in [0.1, 0.15) is 6.04 Å². The number of halogens is 2. The molecule has 8 heteroatoms. The molecule has 2 fully saturated rings. The maximum atomic E-state index is 14.0. The second-order valence-corrected chi connectivity index (χ2v) is 10.3. The van der Waals surface area contributed by atoms with E-state index < -0.39 is 29.8 Å². The number of hydrogen-bond acceptors (Lipinski definition) is 5. The van der Waals surface area contributed by atoms with Gasteiger partial charge < -0.3 is 4.90 Å². The molecule has 0 N–H and O–H groups in total. The molecule has 184 valence electrons. The zero-order chi connectivity index (χ0) is 26.0. The Morgan fingerprint density at radius 3 is 2.27 bits per heavy atom. The van der Waals surface area contributed by atoms with Gasteiger partial charge in [-0.05, 0) is 66.6 Å². The molecule has 0 aromatic heterocycles. The van der Waals surface area contributed by atoms with Crippen molar-refractivity contribution in [2.24, 2.45) is 11.8 Å². The van der Waals surface area contributed by atoms with Gasteiger partial charge in [0, 0.05) is 22.3 Å². The van der Waals surface area contributed by atoms with Gasteiger partial charge in [-0.1, -0.05) is 47.5 Å². The van der Waals surface area contributed by atoms with E-state index in [2.05, 4.69) is 0 Å². The summed E-state index contributed by atoms with van der Waals surface area (Å²) in [6.45, 7) is 1.45. The molecular formula is C29H20Cl2N2O4. The smallest absolute Gasteiger partial charge is 0.240 e. The number of ketones is 2. The fourth-order valence-corrected chi connectivity index (χ4v) is 6.31. The highest BCUT2D eigenvalue weighted by atomic mass is 35.5. The van der Waals surface area contributed by atoms with Gasteiger partial charge in [-0.25, -0.2) is 4.90 Å². The van der Waals surface area contributed by atoms with Crippen molar-refractivity contribution < 1.29 is 19.2 Å². The minimum absolute atomic E-state index is 0.116. The van der Waals surface area contributed by atoms with Crippen LogP contribution in [-0.4, -0.2) is 34.3 Å². The summed E-state index contributed by atoms with van der Waals surface area (Å²) >= 11 is 12.5. The molecule has 3 aliphatic rings. The topological polar surface area (TPSA) is 74.8 Å². The summed E-state index contributed by atoms with van der Waals surface area (Å²) < 4.78 is 0. The second-order valence-electron chi connectivity index (χ2n) is 9.44. The number of rotatable bonds is 4. The molecule has 6 rings (SSSR count). The first kappa shape index (κ1) is 23.6. The number of carbonyl (C=O) groups is 4. The number of nitrogens with zero attached hydrogens (tertiary/aromatic N) is 2. The lowest BCUT2D eigenvalue weighted by Gasteiger charge is -2.35. The van der Waals surface area contributed by atoms with Gasteiger partial charge in [0.2, 0.25) is 11.8 Å². The molecule has 3 aromatic rings. The van der Waals surface area contributed by atoms with E-state index in [1.807, 2.05) is 35.2 Å². The Kier molecular flexibility index (Phi) is 5.55. The fourth-order valence-electron chi connectivity index (χ4n) is 5.81. The van der Waals surface area contributed by atoms with Crippen molar-refractivity contribution in [1.82, 2.24) is 4.90 Å². The van der Waals surface area contributed by atoms with Gasteiger partial charge >= 0.3 is 0 Å². The normalized spacial score (nSPS) is 23.6. The summed E-state index contributed by atoms with van der Waals surface area (Å²) in [7, 11) is 0. The molecule has 4 unspecified atom stereocenters. The molecule has 0 spiro atoms. The van der Waals surface area contributed by atoms with Gasteiger partial charge in [0.25, 0.3) is 0 Å². The van der Waals surface area contributed by atoms with Crippen molar-refractivity contribution in [3.05, 3.63) is 105 Å². The first-order chi connectivity index (χ1) is 17.8. The lowest BCUT2D eigenvalue weighted by Crippen LogP contribution is -2.44. The predicted molar refractivity (Wildman–Crippen MR) is 141 cm³/mol. The van der Waals surface area contributed by atoms with Crippen LogP contribution in [0.2, 0.25) is 10.0 Å². The van der Waals surface area contributed by atoms with Crippen LogP contribution in [0.25, 0.3) is 6.08 Å². The van der Waals surface area contributed by atoms with Crippen LogP contribution in [-0.2, 0) is 9.59 Å². The van der Waals surface area contributed by atoms with E-state index in [-0.39, 0.29) is 28.1 Å². The molecule has 2 saturated heterocycles. The number of anilines is 1. The molecule has 37 heavy (non-hydrogen) atoms. The third-order valence-corrected chi connectivity index (χ3v) is 8.01. The summed E-state index contributed by atoms with van der Waals surface area (Å²) in [6, 6.07) is 17.2. The van der Waals surface area contributed by atoms with Crippen molar-refractivity contribution in [3.8, 4) is 0 Å². The Bertz CT molecular complexity index is 1530. The van der Waals surface area contributed by atoms with E-state index in [1.165, 1.54) is 13.0 Å². The third-order valence-electron chi connectivity index (χ3n) is 7.46.